The number of fused-ring (bicyclic) bond motifs is 1. The summed E-state index contributed by atoms with van der Waals surface area (Å²) in [7, 11) is 3.96. The summed E-state index contributed by atoms with van der Waals surface area (Å²) < 4.78 is 41.2. The molecule has 9 heteroatoms. The van der Waals surface area contributed by atoms with Gasteiger partial charge in [0.25, 0.3) is 0 Å². The second-order valence-corrected chi connectivity index (χ2v) is 8.02. The highest BCUT2D eigenvalue weighted by molar-refractivity contribution is 6.00. The molecule has 0 radical (unpaired) electrons. The number of aromatic nitrogens is 3. The number of likely N-dealkylation sites (tertiary alicyclic amines) is 1. The maximum atomic E-state index is 13.1. The van der Waals surface area contributed by atoms with E-state index in [9.17, 15) is 18.3 Å². The molecule has 30 heavy (non-hydrogen) atoms. The van der Waals surface area contributed by atoms with E-state index in [4.69, 9.17) is 0 Å². The SMILES string of the molecule is Cc1cc(C(F)(F)F)cc(O)c1-c1nnc(N[C@@H]2CCCN(C)C2)c2c1ccn2C. The number of hydrogen-bond donors (Lipinski definition) is 2. The monoisotopic (exact) mass is 419 g/mol. The fourth-order valence-corrected chi connectivity index (χ4v) is 4.22. The van der Waals surface area contributed by atoms with Gasteiger partial charge in [0, 0.05) is 36.8 Å². The number of phenolic OH excluding ortho intramolecular Hbond substituents is 1. The lowest BCUT2D eigenvalue weighted by atomic mass is 9.98. The Labute approximate surface area is 172 Å². The maximum absolute atomic E-state index is 13.1. The molecule has 3 heterocycles. The summed E-state index contributed by atoms with van der Waals surface area (Å²) >= 11 is 0. The van der Waals surface area contributed by atoms with Crippen molar-refractivity contribution in [1.29, 1.82) is 0 Å². The van der Waals surface area contributed by atoms with Crippen LogP contribution in [0.15, 0.2) is 24.4 Å². The molecule has 0 aliphatic carbocycles. The number of nitrogens with zero attached hydrogens (tertiary/aromatic N) is 4. The maximum Gasteiger partial charge on any atom is 0.416 e. The van der Waals surface area contributed by atoms with Crippen LogP contribution >= 0.6 is 0 Å². The van der Waals surface area contributed by atoms with Gasteiger partial charge in [-0.1, -0.05) is 0 Å². The van der Waals surface area contributed by atoms with Gasteiger partial charge in [-0.2, -0.15) is 13.2 Å². The van der Waals surface area contributed by atoms with Gasteiger partial charge in [0.15, 0.2) is 5.82 Å². The van der Waals surface area contributed by atoms with Crippen molar-refractivity contribution in [3.8, 4) is 17.0 Å². The molecule has 1 saturated heterocycles. The zero-order valence-electron chi connectivity index (χ0n) is 17.1. The summed E-state index contributed by atoms with van der Waals surface area (Å²) in [5.41, 5.74) is 0.817. The summed E-state index contributed by atoms with van der Waals surface area (Å²) in [6.45, 7) is 3.49. The number of anilines is 1. The topological polar surface area (TPSA) is 66.2 Å². The quantitative estimate of drug-likeness (QED) is 0.667. The summed E-state index contributed by atoms with van der Waals surface area (Å²) in [5.74, 6) is 0.169. The Hall–Kier alpha value is -2.81. The first-order chi connectivity index (χ1) is 14.1. The number of phenols is 1. The summed E-state index contributed by atoms with van der Waals surface area (Å²) in [4.78, 5) is 2.26. The van der Waals surface area contributed by atoms with Crippen molar-refractivity contribution in [3.05, 3.63) is 35.5 Å². The molecule has 1 aliphatic rings. The first-order valence-electron chi connectivity index (χ1n) is 9.83. The number of alkyl halides is 3. The average molecular weight is 419 g/mol. The average Bonchev–Trinajstić information content (AvgIpc) is 3.04. The van der Waals surface area contributed by atoms with Crippen LogP contribution in [0.2, 0.25) is 0 Å². The molecule has 0 saturated carbocycles. The van der Waals surface area contributed by atoms with Crippen LogP contribution in [0.1, 0.15) is 24.0 Å². The third-order valence-corrected chi connectivity index (χ3v) is 5.65. The molecule has 0 bridgehead atoms. The lowest BCUT2D eigenvalue weighted by Gasteiger charge is -2.30. The molecule has 0 spiro atoms. The minimum atomic E-state index is -4.53. The van der Waals surface area contributed by atoms with Crippen molar-refractivity contribution in [3.63, 3.8) is 0 Å². The molecule has 0 unspecified atom stereocenters. The number of rotatable bonds is 3. The van der Waals surface area contributed by atoms with Crippen molar-refractivity contribution in [2.24, 2.45) is 7.05 Å². The molecule has 4 rings (SSSR count). The minimum Gasteiger partial charge on any atom is -0.507 e. The number of hydrogen-bond acceptors (Lipinski definition) is 5. The van der Waals surface area contributed by atoms with E-state index in [1.165, 1.54) is 6.92 Å². The van der Waals surface area contributed by atoms with Crippen molar-refractivity contribution in [2.75, 3.05) is 25.5 Å². The molecule has 2 aromatic heterocycles. The van der Waals surface area contributed by atoms with Gasteiger partial charge in [-0.05, 0) is 57.1 Å². The van der Waals surface area contributed by atoms with Gasteiger partial charge in [-0.25, -0.2) is 0 Å². The van der Waals surface area contributed by atoms with E-state index in [0.717, 1.165) is 49.0 Å². The lowest BCUT2D eigenvalue weighted by Crippen LogP contribution is -2.40. The van der Waals surface area contributed by atoms with Gasteiger partial charge in [0.2, 0.25) is 0 Å². The third-order valence-electron chi connectivity index (χ3n) is 5.65. The summed E-state index contributed by atoms with van der Waals surface area (Å²) in [5, 5.41) is 23.3. The van der Waals surface area contributed by atoms with Crippen LogP contribution in [0, 0.1) is 6.92 Å². The van der Waals surface area contributed by atoms with E-state index < -0.39 is 17.5 Å². The van der Waals surface area contributed by atoms with Crippen LogP contribution in [0.4, 0.5) is 19.0 Å². The van der Waals surface area contributed by atoms with E-state index >= 15 is 0 Å². The van der Waals surface area contributed by atoms with Gasteiger partial charge >= 0.3 is 6.18 Å². The fourth-order valence-electron chi connectivity index (χ4n) is 4.22. The van der Waals surface area contributed by atoms with Crippen LogP contribution in [-0.2, 0) is 13.2 Å². The predicted molar refractivity (Wildman–Crippen MR) is 109 cm³/mol. The molecule has 1 fully saturated rings. The number of aromatic hydroxyl groups is 1. The zero-order chi connectivity index (χ0) is 21.6. The van der Waals surface area contributed by atoms with E-state index in [1.54, 1.807) is 0 Å². The Balaban J connectivity index is 1.79. The molecular weight excluding hydrogens is 395 g/mol. The molecule has 0 amide bonds. The summed E-state index contributed by atoms with van der Waals surface area (Å²) in [6, 6.07) is 3.84. The van der Waals surface area contributed by atoms with Gasteiger partial charge in [-0.15, -0.1) is 10.2 Å². The highest BCUT2D eigenvalue weighted by atomic mass is 19.4. The predicted octanol–water partition coefficient (Wildman–Crippen LogP) is 4.17. The smallest absolute Gasteiger partial charge is 0.416 e. The zero-order valence-corrected chi connectivity index (χ0v) is 17.1. The van der Waals surface area contributed by atoms with Gasteiger partial charge in [-0.3, -0.25) is 0 Å². The first-order valence-corrected chi connectivity index (χ1v) is 9.83. The van der Waals surface area contributed by atoms with Crippen molar-refractivity contribution >= 4 is 16.7 Å². The molecular formula is C21H24F3N5O. The number of likely N-dealkylation sites (N-methyl/N-ethyl adjacent to an activating group) is 1. The lowest BCUT2D eigenvalue weighted by molar-refractivity contribution is -0.137. The normalized spacial score (nSPS) is 18.1. The van der Waals surface area contributed by atoms with Gasteiger partial charge in [0.1, 0.15) is 11.4 Å². The minimum absolute atomic E-state index is 0.239. The van der Waals surface area contributed by atoms with E-state index in [1.807, 2.05) is 23.9 Å². The Bertz CT molecular complexity index is 1070. The van der Waals surface area contributed by atoms with Crippen molar-refractivity contribution < 1.29 is 18.3 Å². The fraction of sp³-hybridized carbons (Fsp3) is 0.429. The van der Waals surface area contributed by atoms with E-state index in [0.29, 0.717) is 11.5 Å². The highest BCUT2D eigenvalue weighted by Gasteiger charge is 2.32. The number of nitrogens with one attached hydrogen (secondary N) is 1. The van der Waals surface area contributed by atoms with Crippen LogP contribution in [0.3, 0.4) is 0 Å². The highest BCUT2D eigenvalue weighted by Crippen LogP contribution is 2.41. The van der Waals surface area contributed by atoms with Crippen molar-refractivity contribution in [1.82, 2.24) is 19.7 Å². The van der Waals surface area contributed by atoms with Crippen LogP contribution in [0.5, 0.6) is 5.75 Å². The van der Waals surface area contributed by atoms with E-state index in [2.05, 4.69) is 27.5 Å². The molecule has 3 aromatic rings. The Morgan fingerprint density at radius 1 is 1.20 bits per heavy atom. The number of halogens is 3. The molecule has 1 atom stereocenters. The first kappa shape index (κ1) is 20.5. The standard InChI is InChI=1S/C21H24F3N5O/c1-12-9-13(21(22,23)24)10-16(30)17(12)18-15-6-8-29(3)19(15)20(27-26-18)25-14-5-4-7-28(2)11-14/h6,8-10,14,30H,4-5,7,11H2,1-3H3,(H,25,27)/t14-/m1/s1. The Kier molecular flexibility index (Phi) is 5.09. The number of benzene rings is 1. The number of piperidine rings is 1. The second kappa shape index (κ2) is 7.46. The van der Waals surface area contributed by atoms with Gasteiger partial charge < -0.3 is 19.9 Å². The largest absolute Gasteiger partial charge is 0.507 e. The molecule has 6 nitrogen and oxygen atoms in total. The third kappa shape index (κ3) is 3.69. The Morgan fingerprint density at radius 2 is 1.97 bits per heavy atom. The second-order valence-electron chi connectivity index (χ2n) is 8.02. The Morgan fingerprint density at radius 3 is 2.63 bits per heavy atom. The van der Waals surface area contributed by atoms with Crippen LogP contribution in [0.25, 0.3) is 22.2 Å². The molecule has 2 N–H and O–H groups in total. The van der Waals surface area contributed by atoms with Crippen LogP contribution < -0.4 is 5.32 Å². The molecule has 160 valence electrons. The van der Waals surface area contributed by atoms with Crippen molar-refractivity contribution in [2.45, 2.75) is 32.0 Å². The number of aryl methyl sites for hydroxylation is 2. The molecule has 1 aromatic carbocycles. The van der Waals surface area contributed by atoms with Crippen LogP contribution in [-0.4, -0.2) is 50.9 Å². The van der Waals surface area contributed by atoms with Gasteiger partial charge in [0.05, 0.1) is 11.1 Å². The summed E-state index contributed by atoms with van der Waals surface area (Å²) in [6.07, 6.45) is -0.561. The molecule has 1 aliphatic heterocycles. The van der Waals surface area contributed by atoms with E-state index in [-0.39, 0.29) is 17.2 Å².